The van der Waals surface area contributed by atoms with Gasteiger partial charge in [-0.3, -0.25) is 4.79 Å². The molecule has 0 saturated carbocycles. The highest BCUT2D eigenvalue weighted by molar-refractivity contribution is 14.1. The minimum atomic E-state index is -0.129. The van der Waals surface area contributed by atoms with Gasteiger partial charge in [-0.05, 0) is 59.9 Å². The molecule has 1 aliphatic rings. The summed E-state index contributed by atoms with van der Waals surface area (Å²) in [5, 5.41) is 3.05. The smallest absolute Gasteiger partial charge is 0.270 e. The molecular formula is C17H26IN3O2. The van der Waals surface area contributed by atoms with Gasteiger partial charge in [-0.25, -0.2) is 4.98 Å². The number of carbonyl (C=O) groups is 1. The van der Waals surface area contributed by atoms with Gasteiger partial charge >= 0.3 is 0 Å². The zero-order valence-electron chi connectivity index (χ0n) is 14.3. The molecule has 0 aliphatic carbocycles. The highest BCUT2D eigenvalue weighted by Crippen LogP contribution is 2.21. The van der Waals surface area contributed by atoms with E-state index in [9.17, 15) is 4.79 Å². The first-order valence-corrected chi connectivity index (χ1v) is 9.20. The van der Waals surface area contributed by atoms with Crippen LogP contribution in [0.15, 0.2) is 12.1 Å². The van der Waals surface area contributed by atoms with E-state index in [1.807, 2.05) is 0 Å². The van der Waals surface area contributed by atoms with Crippen molar-refractivity contribution in [3.05, 3.63) is 21.5 Å². The van der Waals surface area contributed by atoms with Crippen LogP contribution in [0.25, 0.3) is 0 Å². The highest BCUT2D eigenvalue weighted by Gasteiger charge is 2.23. The first kappa shape index (κ1) is 18.4. The van der Waals surface area contributed by atoms with E-state index in [-0.39, 0.29) is 11.9 Å². The second kappa shape index (κ2) is 8.28. The maximum atomic E-state index is 12.3. The Morgan fingerprint density at radius 3 is 2.65 bits per heavy atom. The molecule has 3 atom stereocenters. The number of hydrogen-bond donors (Lipinski definition) is 1. The number of nitrogens with zero attached hydrogens (tertiary/aromatic N) is 2. The monoisotopic (exact) mass is 431 g/mol. The molecule has 1 amide bonds. The summed E-state index contributed by atoms with van der Waals surface area (Å²) in [6.07, 6.45) is 1.30. The van der Waals surface area contributed by atoms with Crippen LogP contribution in [0.3, 0.4) is 0 Å². The molecule has 0 aromatic carbocycles. The van der Waals surface area contributed by atoms with Crippen LogP contribution < -0.4 is 10.1 Å². The molecule has 1 aromatic rings. The molecule has 0 bridgehead atoms. The Morgan fingerprint density at radius 2 is 2.09 bits per heavy atom. The van der Waals surface area contributed by atoms with Crippen molar-refractivity contribution in [1.82, 2.24) is 15.2 Å². The van der Waals surface area contributed by atoms with Gasteiger partial charge in [-0.15, -0.1) is 0 Å². The summed E-state index contributed by atoms with van der Waals surface area (Å²) in [5.41, 5.74) is 0.433. The average Bonchev–Trinajstić information content (AvgIpc) is 2.45. The number of carbonyl (C=O) groups excluding carboxylic acids is 1. The van der Waals surface area contributed by atoms with Gasteiger partial charge in [0.1, 0.15) is 9.39 Å². The van der Waals surface area contributed by atoms with Crippen molar-refractivity contribution < 1.29 is 9.53 Å². The zero-order valence-corrected chi connectivity index (χ0v) is 16.5. The first-order valence-electron chi connectivity index (χ1n) is 8.12. The van der Waals surface area contributed by atoms with Crippen LogP contribution in [0.2, 0.25) is 0 Å². The lowest BCUT2D eigenvalue weighted by atomic mass is 9.92. The summed E-state index contributed by atoms with van der Waals surface area (Å²) in [4.78, 5) is 19.1. The van der Waals surface area contributed by atoms with Gasteiger partial charge in [0.2, 0.25) is 0 Å². The second-order valence-electron chi connectivity index (χ2n) is 6.73. The third kappa shape index (κ3) is 5.31. The molecule has 2 rings (SSSR count). The SMILES string of the molecule is COc1ccc(C(=O)NC(C)CN2CC(C)CC(C)C2)nc1I. The Morgan fingerprint density at radius 1 is 1.43 bits per heavy atom. The summed E-state index contributed by atoms with van der Waals surface area (Å²) >= 11 is 2.08. The van der Waals surface area contributed by atoms with Crippen LogP contribution in [-0.4, -0.2) is 48.6 Å². The molecule has 0 spiro atoms. The number of nitrogens with one attached hydrogen (secondary N) is 1. The molecule has 5 nitrogen and oxygen atoms in total. The third-order valence-corrected chi connectivity index (χ3v) is 4.89. The van der Waals surface area contributed by atoms with Gasteiger partial charge in [-0.2, -0.15) is 0 Å². The Bertz CT molecular complexity index is 543. The standard InChI is InChI=1S/C17H26IN3O2/c1-11-7-12(2)9-21(8-11)10-13(3)19-17(22)14-5-6-15(23-4)16(18)20-14/h5-6,11-13H,7-10H2,1-4H3,(H,19,22). The predicted octanol–water partition coefficient (Wildman–Crippen LogP) is 2.79. The van der Waals surface area contributed by atoms with Crippen molar-refractivity contribution in [2.24, 2.45) is 11.8 Å². The van der Waals surface area contributed by atoms with Gasteiger partial charge < -0.3 is 15.0 Å². The highest BCUT2D eigenvalue weighted by atomic mass is 127. The molecule has 128 valence electrons. The van der Waals surface area contributed by atoms with Crippen LogP contribution >= 0.6 is 22.6 Å². The minimum Gasteiger partial charge on any atom is -0.494 e. The van der Waals surface area contributed by atoms with Gasteiger partial charge in [0.05, 0.1) is 7.11 Å². The average molecular weight is 431 g/mol. The molecule has 3 unspecified atom stereocenters. The lowest BCUT2D eigenvalue weighted by molar-refractivity contribution is 0.0900. The normalized spacial score (nSPS) is 23.3. The number of ether oxygens (including phenoxy) is 1. The number of halogens is 1. The fourth-order valence-corrected chi connectivity index (χ4v) is 4.03. The van der Waals surface area contributed by atoms with Crippen molar-refractivity contribution in [3.63, 3.8) is 0 Å². The van der Waals surface area contributed by atoms with Crippen LogP contribution in [0.5, 0.6) is 5.75 Å². The van der Waals surface area contributed by atoms with Crippen LogP contribution in [-0.2, 0) is 0 Å². The van der Waals surface area contributed by atoms with Crippen molar-refractivity contribution in [2.45, 2.75) is 33.2 Å². The lowest BCUT2D eigenvalue weighted by Crippen LogP contribution is -2.47. The zero-order chi connectivity index (χ0) is 17.0. The molecular weight excluding hydrogens is 405 g/mol. The number of piperidine rings is 1. The Balaban J connectivity index is 1.90. The predicted molar refractivity (Wildman–Crippen MR) is 99.8 cm³/mol. The number of hydrogen-bond acceptors (Lipinski definition) is 4. The van der Waals surface area contributed by atoms with Gasteiger partial charge in [0.25, 0.3) is 5.91 Å². The topological polar surface area (TPSA) is 54.5 Å². The lowest BCUT2D eigenvalue weighted by Gasteiger charge is -2.36. The number of amides is 1. The van der Waals surface area contributed by atoms with Crippen LogP contribution in [0.1, 0.15) is 37.7 Å². The molecule has 0 radical (unpaired) electrons. The number of pyridine rings is 1. The van der Waals surface area contributed by atoms with E-state index in [1.165, 1.54) is 6.42 Å². The molecule has 1 aliphatic heterocycles. The van der Waals surface area contributed by atoms with E-state index in [0.717, 1.165) is 31.5 Å². The molecule has 2 heterocycles. The second-order valence-corrected chi connectivity index (χ2v) is 7.75. The van der Waals surface area contributed by atoms with Gasteiger partial charge in [0.15, 0.2) is 5.75 Å². The van der Waals surface area contributed by atoms with Crippen molar-refractivity contribution in [1.29, 1.82) is 0 Å². The number of rotatable bonds is 5. The van der Waals surface area contributed by atoms with E-state index in [0.29, 0.717) is 15.1 Å². The van der Waals surface area contributed by atoms with E-state index in [1.54, 1.807) is 19.2 Å². The quantitative estimate of drug-likeness (QED) is 0.576. The Hall–Kier alpha value is -0.890. The number of likely N-dealkylation sites (tertiary alicyclic amines) is 1. The maximum absolute atomic E-state index is 12.3. The fraction of sp³-hybridized carbons (Fsp3) is 0.647. The van der Waals surface area contributed by atoms with E-state index in [2.05, 4.69) is 58.6 Å². The first-order chi connectivity index (χ1) is 10.9. The summed E-state index contributed by atoms with van der Waals surface area (Å²) < 4.78 is 5.87. The summed E-state index contributed by atoms with van der Waals surface area (Å²) in [6.45, 7) is 9.76. The van der Waals surface area contributed by atoms with Crippen molar-refractivity contribution in [2.75, 3.05) is 26.7 Å². The van der Waals surface area contributed by atoms with Crippen LogP contribution in [0.4, 0.5) is 0 Å². The van der Waals surface area contributed by atoms with E-state index < -0.39 is 0 Å². The van der Waals surface area contributed by atoms with Gasteiger partial charge in [-0.1, -0.05) is 13.8 Å². The summed E-state index contributed by atoms with van der Waals surface area (Å²) in [7, 11) is 1.60. The van der Waals surface area contributed by atoms with E-state index >= 15 is 0 Å². The minimum absolute atomic E-state index is 0.0987. The number of aromatic nitrogens is 1. The summed E-state index contributed by atoms with van der Waals surface area (Å²) in [5.74, 6) is 2.01. The summed E-state index contributed by atoms with van der Waals surface area (Å²) in [6, 6.07) is 3.58. The Labute approximate surface area is 152 Å². The molecule has 1 saturated heterocycles. The molecule has 23 heavy (non-hydrogen) atoms. The molecule has 1 N–H and O–H groups in total. The van der Waals surface area contributed by atoms with Crippen molar-refractivity contribution in [3.8, 4) is 5.75 Å². The molecule has 1 aromatic heterocycles. The largest absolute Gasteiger partial charge is 0.494 e. The molecule has 6 heteroatoms. The Kier molecular flexibility index (Phi) is 6.64. The maximum Gasteiger partial charge on any atom is 0.270 e. The van der Waals surface area contributed by atoms with E-state index in [4.69, 9.17) is 4.74 Å². The fourth-order valence-electron chi connectivity index (χ4n) is 3.37. The third-order valence-electron chi connectivity index (χ3n) is 4.12. The molecule has 1 fully saturated rings. The van der Waals surface area contributed by atoms with Crippen molar-refractivity contribution >= 4 is 28.5 Å². The number of methoxy groups -OCH3 is 1. The van der Waals surface area contributed by atoms with Crippen LogP contribution in [0, 0.1) is 15.5 Å². The van der Waals surface area contributed by atoms with Gasteiger partial charge in [0, 0.05) is 25.7 Å².